The molecule has 0 fully saturated rings. The molecule has 7 nitrogen and oxygen atoms in total. The van der Waals surface area contributed by atoms with E-state index in [1.54, 1.807) is 5.32 Å². The minimum atomic E-state index is -5.07. The van der Waals surface area contributed by atoms with E-state index in [2.05, 4.69) is 10.1 Å². The Kier molecular flexibility index (Phi) is 7.78. The van der Waals surface area contributed by atoms with Gasteiger partial charge in [-0.2, -0.15) is 4.39 Å². The highest BCUT2D eigenvalue weighted by atomic mass is 35.5. The quantitative estimate of drug-likeness (QED) is 0.166. The first-order valence-corrected chi connectivity index (χ1v) is 10.3. The highest BCUT2D eigenvalue weighted by Gasteiger charge is 2.34. The van der Waals surface area contributed by atoms with Gasteiger partial charge in [-0.15, -0.1) is 0 Å². The molecule has 0 heterocycles. The Balaban J connectivity index is 2.18. The van der Waals surface area contributed by atoms with E-state index in [0.717, 1.165) is 6.07 Å². The average molecular weight is 509 g/mol. The summed E-state index contributed by atoms with van der Waals surface area (Å²) in [6.07, 6.45) is 0. The van der Waals surface area contributed by atoms with Gasteiger partial charge in [0.2, 0.25) is 34.2 Å². The first-order chi connectivity index (χ1) is 14.4. The van der Waals surface area contributed by atoms with Gasteiger partial charge in [-0.05, 0) is 6.07 Å². The van der Waals surface area contributed by atoms with Crippen LogP contribution in [0.15, 0.2) is 17.0 Å². The highest BCUT2D eigenvalue weighted by molar-refractivity contribution is 7.91. The number of amides is 1. The van der Waals surface area contributed by atoms with Crippen LogP contribution < -0.4 is 15.4 Å². The van der Waals surface area contributed by atoms with E-state index in [4.69, 9.17) is 23.2 Å². The summed E-state index contributed by atoms with van der Waals surface area (Å²) in [5.41, 5.74) is -0.0419. The molecule has 0 aliphatic carbocycles. The summed E-state index contributed by atoms with van der Waals surface area (Å²) in [6, 6.07) is 2.24. The van der Waals surface area contributed by atoms with Gasteiger partial charge in [-0.1, -0.05) is 23.2 Å². The van der Waals surface area contributed by atoms with Crippen molar-refractivity contribution in [2.24, 2.45) is 0 Å². The van der Waals surface area contributed by atoms with Gasteiger partial charge >= 0.3 is 0 Å². The number of halogens is 7. The molecule has 0 bridgehead atoms. The van der Waals surface area contributed by atoms with Gasteiger partial charge in [0.1, 0.15) is 11.6 Å². The SMILES string of the molecule is O=C(CNc1cc(Cl)c(Cl)cc1O)NCS(=O)(=O)c1c(F)c(F)c(F)c(F)c1OCF. The Morgan fingerprint density at radius 2 is 1.61 bits per heavy atom. The van der Waals surface area contributed by atoms with Crippen molar-refractivity contribution in [3.05, 3.63) is 45.4 Å². The molecule has 0 atom stereocenters. The maximum Gasteiger partial charge on any atom is 0.240 e. The Morgan fingerprint density at radius 1 is 1.03 bits per heavy atom. The maximum absolute atomic E-state index is 14.0. The predicted molar refractivity (Wildman–Crippen MR) is 99.7 cm³/mol. The van der Waals surface area contributed by atoms with Crippen LogP contribution in [0, 0.1) is 23.3 Å². The van der Waals surface area contributed by atoms with Crippen molar-refractivity contribution in [3.63, 3.8) is 0 Å². The van der Waals surface area contributed by atoms with Crippen LogP contribution in [-0.4, -0.2) is 38.7 Å². The lowest BCUT2D eigenvalue weighted by Gasteiger charge is -2.14. The first-order valence-electron chi connectivity index (χ1n) is 7.86. The molecule has 0 spiro atoms. The number of nitrogens with one attached hydrogen (secondary N) is 2. The zero-order chi connectivity index (χ0) is 23.5. The summed E-state index contributed by atoms with van der Waals surface area (Å²) < 4.78 is 95.4. The molecule has 0 saturated carbocycles. The Hall–Kier alpha value is -2.51. The monoisotopic (exact) mass is 508 g/mol. The number of phenolic OH excluding ortho intramolecular Hbond substituents is 1. The van der Waals surface area contributed by atoms with E-state index in [-0.39, 0.29) is 21.5 Å². The van der Waals surface area contributed by atoms with Crippen LogP contribution >= 0.6 is 23.2 Å². The number of anilines is 1. The van der Waals surface area contributed by atoms with Crippen LogP contribution in [-0.2, 0) is 14.6 Å². The summed E-state index contributed by atoms with van der Waals surface area (Å²) in [5.74, 6) is -14.0. The number of alkyl halides is 1. The summed E-state index contributed by atoms with van der Waals surface area (Å²) in [6.45, 7) is -2.52. The highest BCUT2D eigenvalue weighted by Crippen LogP contribution is 2.35. The molecule has 0 saturated heterocycles. The second-order valence-corrected chi connectivity index (χ2v) is 8.40. The zero-order valence-electron chi connectivity index (χ0n) is 14.9. The van der Waals surface area contributed by atoms with E-state index < -0.39 is 68.9 Å². The fourth-order valence-electron chi connectivity index (χ4n) is 2.22. The molecule has 2 aromatic rings. The van der Waals surface area contributed by atoms with E-state index in [9.17, 15) is 40.3 Å². The first kappa shape index (κ1) is 24.8. The molecule has 0 aliphatic rings. The van der Waals surface area contributed by atoms with Crippen molar-refractivity contribution in [2.75, 3.05) is 24.6 Å². The van der Waals surface area contributed by atoms with Crippen molar-refractivity contribution in [1.29, 1.82) is 0 Å². The minimum Gasteiger partial charge on any atom is -0.506 e. The molecular formula is C16H11Cl2F5N2O5S. The zero-order valence-corrected chi connectivity index (χ0v) is 17.2. The van der Waals surface area contributed by atoms with Crippen molar-refractivity contribution >= 4 is 44.6 Å². The number of benzene rings is 2. The number of sulfone groups is 1. The standard InChI is InChI=1S/C16H11Cl2F5N2O5S/c17-6-1-8(9(26)2-7(6)18)24-3-10(27)25-5-31(28,29)16-14(23)12(21)11(20)13(22)15(16)30-4-19/h1-2,24,26H,3-5H2,(H,25,27). The van der Waals surface area contributed by atoms with Gasteiger partial charge in [0.05, 0.1) is 22.3 Å². The van der Waals surface area contributed by atoms with Crippen LogP contribution in [0.2, 0.25) is 10.0 Å². The fraction of sp³-hybridized carbons (Fsp3) is 0.188. The number of ether oxygens (including phenoxy) is 1. The minimum absolute atomic E-state index is 0.0207. The molecule has 0 aliphatic heterocycles. The summed E-state index contributed by atoms with van der Waals surface area (Å²) in [4.78, 5) is 10.1. The largest absolute Gasteiger partial charge is 0.506 e. The van der Waals surface area contributed by atoms with Gasteiger partial charge in [-0.25, -0.2) is 26.0 Å². The van der Waals surface area contributed by atoms with Gasteiger partial charge in [0, 0.05) is 6.07 Å². The third-order valence-electron chi connectivity index (χ3n) is 3.63. The van der Waals surface area contributed by atoms with Crippen molar-refractivity contribution in [1.82, 2.24) is 5.32 Å². The summed E-state index contributed by atoms with van der Waals surface area (Å²) in [7, 11) is -5.07. The third kappa shape index (κ3) is 5.40. The van der Waals surface area contributed by atoms with E-state index in [1.807, 2.05) is 0 Å². The van der Waals surface area contributed by atoms with Crippen LogP contribution in [0.3, 0.4) is 0 Å². The fourth-order valence-corrected chi connectivity index (χ4v) is 3.83. The van der Waals surface area contributed by atoms with E-state index >= 15 is 0 Å². The van der Waals surface area contributed by atoms with Crippen molar-refractivity contribution in [3.8, 4) is 11.5 Å². The lowest BCUT2D eigenvalue weighted by Crippen LogP contribution is -2.34. The van der Waals surface area contributed by atoms with Gasteiger partial charge in [0.25, 0.3) is 0 Å². The Bertz CT molecular complexity index is 1130. The average Bonchev–Trinajstić information content (AvgIpc) is 2.70. The molecule has 0 unspecified atom stereocenters. The molecule has 3 N–H and O–H groups in total. The van der Waals surface area contributed by atoms with Crippen molar-refractivity contribution < 1.29 is 45.0 Å². The third-order valence-corrected chi connectivity index (χ3v) is 5.86. The Labute approximate surface area is 181 Å². The van der Waals surface area contributed by atoms with Crippen LogP contribution in [0.5, 0.6) is 11.5 Å². The van der Waals surface area contributed by atoms with Gasteiger partial charge in [0.15, 0.2) is 22.3 Å². The molecule has 170 valence electrons. The molecule has 2 rings (SSSR count). The number of rotatable bonds is 8. The van der Waals surface area contributed by atoms with Crippen molar-refractivity contribution in [2.45, 2.75) is 4.90 Å². The maximum atomic E-state index is 14.0. The molecule has 1 amide bonds. The van der Waals surface area contributed by atoms with Crippen LogP contribution in [0.4, 0.5) is 27.6 Å². The summed E-state index contributed by atoms with van der Waals surface area (Å²) >= 11 is 11.4. The lowest BCUT2D eigenvalue weighted by atomic mass is 10.3. The van der Waals surface area contributed by atoms with Gasteiger partial charge < -0.3 is 20.5 Å². The van der Waals surface area contributed by atoms with E-state index in [0.29, 0.717) is 0 Å². The predicted octanol–water partition coefficient (Wildman–Crippen LogP) is 3.52. The smallest absolute Gasteiger partial charge is 0.240 e. The number of carbonyl (C=O) groups excluding carboxylic acids is 1. The molecule has 15 heteroatoms. The molecule has 0 aromatic heterocycles. The second-order valence-electron chi connectivity index (χ2n) is 5.66. The molecule has 0 radical (unpaired) electrons. The number of hydrogen-bond acceptors (Lipinski definition) is 6. The topological polar surface area (TPSA) is 105 Å². The lowest BCUT2D eigenvalue weighted by molar-refractivity contribution is -0.119. The van der Waals surface area contributed by atoms with Crippen LogP contribution in [0.25, 0.3) is 0 Å². The van der Waals surface area contributed by atoms with Crippen LogP contribution in [0.1, 0.15) is 0 Å². The molecule has 31 heavy (non-hydrogen) atoms. The second kappa shape index (κ2) is 9.75. The normalized spacial score (nSPS) is 11.3. The molecular weight excluding hydrogens is 498 g/mol. The number of aromatic hydroxyl groups is 1. The number of carbonyl (C=O) groups is 1. The molecule has 2 aromatic carbocycles. The number of phenols is 1. The van der Waals surface area contributed by atoms with E-state index in [1.165, 1.54) is 6.07 Å². The van der Waals surface area contributed by atoms with Gasteiger partial charge in [-0.3, -0.25) is 4.79 Å². The Morgan fingerprint density at radius 3 is 2.23 bits per heavy atom. The summed E-state index contributed by atoms with van der Waals surface area (Å²) in [5, 5.41) is 14.0. The number of hydrogen-bond donors (Lipinski definition) is 3.